The molecule has 1 amide bonds. The molecule has 24 heavy (non-hydrogen) atoms. The van der Waals surface area contributed by atoms with Crippen LogP contribution in [0.15, 0.2) is 5.16 Å². The highest BCUT2D eigenvalue weighted by Crippen LogP contribution is 2.34. The van der Waals surface area contributed by atoms with E-state index in [9.17, 15) is 18.0 Å². The predicted octanol–water partition coefficient (Wildman–Crippen LogP) is 1.76. The molecular weight excluding hydrogens is 347 g/mol. The van der Waals surface area contributed by atoms with E-state index in [-0.39, 0.29) is 11.0 Å². The molecule has 7 nitrogen and oxygen atoms in total. The molecule has 0 radical (unpaired) electrons. The highest BCUT2D eigenvalue weighted by atomic mass is 32.1. The topological polar surface area (TPSA) is 70.9 Å². The molecule has 1 aromatic rings. The van der Waals surface area contributed by atoms with Gasteiger partial charge in [0.1, 0.15) is 0 Å². The molecule has 0 bridgehead atoms. The van der Waals surface area contributed by atoms with Gasteiger partial charge < -0.3 is 14.6 Å². The van der Waals surface area contributed by atoms with Crippen LogP contribution in [0.5, 0.6) is 0 Å². The Morgan fingerprint density at radius 3 is 2.54 bits per heavy atom. The molecule has 0 saturated carbocycles. The van der Waals surface area contributed by atoms with E-state index in [0.29, 0.717) is 43.9 Å². The second-order valence-corrected chi connectivity index (χ2v) is 6.47. The second-order valence-electron chi connectivity index (χ2n) is 5.51. The van der Waals surface area contributed by atoms with E-state index < -0.39 is 17.3 Å². The molecule has 1 atom stereocenters. The molecule has 11 heteroatoms. The molecule has 2 aliphatic rings. The summed E-state index contributed by atoms with van der Waals surface area (Å²) in [5, 5.41) is 9.93. The fourth-order valence-corrected chi connectivity index (χ4v) is 3.31. The van der Waals surface area contributed by atoms with Crippen molar-refractivity contribution in [2.75, 3.05) is 31.1 Å². The molecule has 1 fully saturated rings. The van der Waals surface area contributed by atoms with E-state index in [2.05, 4.69) is 15.4 Å². The summed E-state index contributed by atoms with van der Waals surface area (Å²) in [6.45, 7) is 3.58. The molecule has 1 saturated heterocycles. The fourth-order valence-electron chi connectivity index (χ4n) is 2.55. The van der Waals surface area contributed by atoms with Crippen LogP contribution < -0.4 is 4.90 Å². The van der Waals surface area contributed by atoms with Gasteiger partial charge in [0.2, 0.25) is 16.2 Å². The van der Waals surface area contributed by atoms with Gasteiger partial charge in [0.05, 0.1) is 5.71 Å². The maximum Gasteiger partial charge on any atom is 0.445 e. The van der Waals surface area contributed by atoms with Crippen LogP contribution in [-0.4, -0.2) is 59.0 Å². The van der Waals surface area contributed by atoms with Crippen molar-refractivity contribution in [2.24, 2.45) is 5.16 Å². The molecule has 0 spiro atoms. The van der Waals surface area contributed by atoms with E-state index in [4.69, 9.17) is 4.84 Å². The van der Waals surface area contributed by atoms with Gasteiger partial charge in [-0.15, -0.1) is 10.2 Å². The molecule has 1 aromatic heterocycles. The zero-order chi connectivity index (χ0) is 17.3. The number of oxime groups is 1. The Kier molecular flexibility index (Phi) is 4.61. The number of carbonyl (C=O) groups excluding carboxylic acids is 1. The number of rotatable bonds is 3. The number of carbonyl (C=O) groups is 1. The number of halogens is 3. The largest absolute Gasteiger partial charge is 0.445 e. The van der Waals surface area contributed by atoms with Crippen molar-refractivity contribution < 1.29 is 22.8 Å². The van der Waals surface area contributed by atoms with Crippen molar-refractivity contribution in [3.8, 4) is 0 Å². The van der Waals surface area contributed by atoms with E-state index in [1.165, 1.54) is 0 Å². The minimum absolute atomic E-state index is 0.130. The van der Waals surface area contributed by atoms with Crippen LogP contribution in [0.3, 0.4) is 0 Å². The van der Waals surface area contributed by atoms with Gasteiger partial charge >= 0.3 is 6.18 Å². The van der Waals surface area contributed by atoms with Gasteiger partial charge in [-0.05, 0) is 6.42 Å². The third kappa shape index (κ3) is 3.45. The van der Waals surface area contributed by atoms with E-state index in [1.54, 1.807) is 9.80 Å². The van der Waals surface area contributed by atoms with Crippen molar-refractivity contribution in [3.63, 3.8) is 0 Å². The molecule has 132 valence electrons. The Labute approximate surface area is 140 Å². The number of alkyl halides is 3. The van der Waals surface area contributed by atoms with Crippen LogP contribution in [0.2, 0.25) is 0 Å². The van der Waals surface area contributed by atoms with E-state index in [0.717, 1.165) is 12.1 Å². The molecule has 1 unspecified atom stereocenters. The Morgan fingerprint density at radius 2 is 2.00 bits per heavy atom. The molecular formula is C13H16F3N5O2S. The van der Waals surface area contributed by atoms with Crippen molar-refractivity contribution in [3.05, 3.63) is 5.01 Å². The van der Waals surface area contributed by atoms with Crippen molar-refractivity contribution >= 4 is 28.1 Å². The number of amides is 1. The van der Waals surface area contributed by atoms with Crippen LogP contribution in [0.25, 0.3) is 0 Å². The zero-order valence-corrected chi connectivity index (χ0v) is 13.7. The van der Waals surface area contributed by atoms with Crippen LogP contribution >= 0.6 is 11.3 Å². The maximum absolute atomic E-state index is 12.6. The van der Waals surface area contributed by atoms with Crippen molar-refractivity contribution in [2.45, 2.75) is 32.0 Å². The third-order valence-corrected chi connectivity index (χ3v) is 4.96. The molecule has 3 heterocycles. The van der Waals surface area contributed by atoms with Crippen LogP contribution in [-0.2, 0) is 15.8 Å². The van der Waals surface area contributed by atoms with Crippen molar-refractivity contribution in [1.82, 2.24) is 15.1 Å². The minimum atomic E-state index is -4.48. The monoisotopic (exact) mass is 363 g/mol. The first-order valence-electron chi connectivity index (χ1n) is 7.54. The fraction of sp³-hybridized carbons (Fsp3) is 0.692. The van der Waals surface area contributed by atoms with E-state index in [1.807, 2.05) is 6.92 Å². The van der Waals surface area contributed by atoms with Gasteiger partial charge in [0.25, 0.3) is 5.91 Å². The van der Waals surface area contributed by atoms with Gasteiger partial charge in [-0.3, -0.25) is 4.79 Å². The first kappa shape index (κ1) is 16.9. The van der Waals surface area contributed by atoms with Gasteiger partial charge in [0.15, 0.2) is 0 Å². The average molecular weight is 363 g/mol. The van der Waals surface area contributed by atoms with Gasteiger partial charge in [-0.2, -0.15) is 13.2 Å². The molecule has 0 N–H and O–H groups in total. The number of piperazine rings is 1. The van der Waals surface area contributed by atoms with Crippen LogP contribution in [0.1, 0.15) is 24.8 Å². The van der Waals surface area contributed by atoms with Gasteiger partial charge in [-0.25, -0.2) is 0 Å². The van der Waals surface area contributed by atoms with Gasteiger partial charge in [-0.1, -0.05) is 23.4 Å². The Balaban J connectivity index is 1.54. The summed E-state index contributed by atoms with van der Waals surface area (Å²) in [4.78, 5) is 20.9. The molecule has 3 rings (SSSR count). The lowest BCUT2D eigenvalue weighted by Gasteiger charge is -2.35. The Bertz CT molecular complexity index is 640. The first-order chi connectivity index (χ1) is 11.4. The normalized spacial score (nSPS) is 21.7. The Hall–Kier alpha value is -1.91. The summed E-state index contributed by atoms with van der Waals surface area (Å²) in [7, 11) is 0. The first-order valence-corrected chi connectivity index (χ1v) is 8.36. The second kappa shape index (κ2) is 6.54. The summed E-state index contributed by atoms with van der Waals surface area (Å²) in [6.07, 6.45) is -3.81. The number of aromatic nitrogens is 2. The number of hydrogen-bond donors (Lipinski definition) is 0. The average Bonchev–Trinajstić information content (AvgIpc) is 3.23. The van der Waals surface area contributed by atoms with Crippen LogP contribution in [0.4, 0.5) is 18.3 Å². The molecule has 0 aromatic carbocycles. The lowest BCUT2D eigenvalue weighted by molar-refractivity contribution is -0.142. The maximum atomic E-state index is 12.6. The van der Waals surface area contributed by atoms with Crippen molar-refractivity contribution in [1.29, 1.82) is 0 Å². The quantitative estimate of drug-likeness (QED) is 0.818. The summed E-state index contributed by atoms with van der Waals surface area (Å²) in [6, 6.07) is 0. The summed E-state index contributed by atoms with van der Waals surface area (Å²) >= 11 is 0.517. The summed E-state index contributed by atoms with van der Waals surface area (Å²) in [5.74, 6) is -0.130. The predicted molar refractivity (Wildman–Crippen MR) is 80.9 cm³/mol. The lowest BCUT2D eigenvalue weighted by Crippen LogP contribution is -2.51. The number of nitrogens with zero attached hydrogens (tertiary/aromatic N) is 5. The zero-order valence-electron chi connectivity index (χ0n) is 12.9. The van der Waals surface area contributed by atoms with Gasteiger partial charge in [0, 0.05) is 32.6 Å². The summed E-state index contributed by atoms with van der Waals surface area (Å²) in [5.41, 5.74) is 0.862. The standard InChI is InChI=1S/C13H16F3N5O2S/c1-2-8-7-9(23-19-8)10(22)20-3-5-21(6-4-20)12-18-17-11(24-12)13(14,15)16/h9H,2-7H2,1H3. The Morgan fingerprint density at radius 1 is 1.29 bits per heavy atom. The highest BCUT2D eigenvalue weighted by molar-refractivity contribution is 7.15. The summed E-state index contributed by atoms with van der Waals surface area (Å²) < 4.78 is 37.7. The number of anilines is 1. The van der Waals surface area contributed by atoms with E-state index >= 15 is 0 Å². The highest BCUT2D eigenvalue weighted by Gasteiger charge is 2.37. The lowest BCUT2D eigenvalue weighted by atomic mass is 10.1. The molecule has 0 aliphatic carbocycles. The smallest absolute Gasteiger partial charge is 0.382 e. The number of hydrogen-bond acceptors (Lipinski definition) is 7. The third-order valence-electron chi connectivity index (χ3n) is 3.93. The molecule has 2 aliphatic heterocycles. The van der Waals surface area contributed by atoms with Crippen LogP contribution in [0, 0.1) is 0 Å². The minimum Gasteiger partial charge on any atom is -0.382 e. The SMILES string of the molecule is CCC1=NOC(C(=O)N2CCN(c3nnc(C(F)(F)F)s3)CC2)C1.